The number of hydrogen-bond donors (Lipinski definition) is 1. The van der Waals surface area contributed by atoms with Gasteiger partial charge in [-0.05, 0) is 27.3 Å². The van der Waals surface area contributed by atoms with E-state index in [0.717, 1.165) is 13.0 Å². The highest BCUT2D eigenvalue weighted by Crippen LogP contribution is 2.18. The average Bonchev–Trinajstić information content (AvgIpc) is 2.48. The van der Waals surface area contributed by atoms with E-state index in [4.69, 9.17) is 4.74 Å². The van der Waals surface area contributed by atoms with Crippen LogP contribution >= 0.6 is 0 Å². The molecule has 0 heterocycles. The molecule has 0 fully saturated rings. The number of unbranched alkanes of at least 4 members (excludes halogenated alkanes) is 7. The Kier molecular flexibility index (Phi) is 13.3. The summed E-state index contributed by atoms with van der Waals surface area (Å²) in [5, 5.41) is 3.21. The highest BCUT2D eigenvalue weighted by molar-refractivity contribution is 5.87. The summed E-state index contributed by atoms with van der Waals surface area (Å²) in [7, 11) is 1.95. The van der Waals surface area contributed by atoms with E-state index >= 15 is 0 Å². The van der Waals surface area contributed by atoms with Crippen LogP contribution in [0.5, 0.6) is 0 Å². The number of rotatable bonds is 14. The number of esters is 1. The molecule has 0 aliphatic carbocycles. The van der Waals surface area contributed by atoms with Crippen molar-refractivity contribution >= 4 is 5.97 Å². The summed E-state index contributed by atoms with van der Waals surface area (Å²) in [4.78, 5) is 11.6. The molecule has 0 aliphatic heterocycles. The Hall–Kier alpha value is -0.830. The SMILES string of the molecule is C=C(C)C(=O)OC(C)C(CCCCCCCCCC)CNC. The molecule has 0 aliphatic rings. The first-order valence-corrected chi connectivity index (χ1v) is 9.04. The molecule has 0 saturated heterocycles. The Bertz CT molecular complexity index is 302. The van der Waals surface area contributed by atoms with Gasteiger partial charge in [0.2, 0.25) is 0 Å². The monoisotopic (exact) mass is 311 g/mol. The van der Waals surface area contributed by atoms with Gasteiger partial charge in [0.1, 0.15) is 6.10 Å². The van der Waals surface area contributed by atoms with Gasteiger partial charge in [0.05, 0.1) is 0 Å². The molecule has 0 amide bonds. The van der Waals surface area contributed by atoms with Crippen LogP contribution < -0.4 is 5.32 Å². The van der Waals surface area contributed by atoms with Crippen LogP contribution in [0.4, 0.5) is 0 Å². The molecule has 0 rings (SSSR count). The smallest absolute Gasteiger partial charge is 0.333 e. The number of carbonyl (C=O) groups excluding carboxylic acids is 1. The first-order chi connectivity index (χ1) is 10.5. The van der Waals surface area contributed by atoms with Crippen LogP contribution in [-0.4, -0.2) is 25.7 Å². The second kappa shape index (κ2) is 13.8. The van der Waals surface area contributed by atoms with E-state index in [1.807, 2.05) is 14.0 Å². The molecule has 0 aromatic rings. The van der Waals surface area contributed by atoms with Gasteiger partial charge in [-0.15, -0.1) is 0 Å². The van der Waals surface area contributed by atoms with E-state index in [2.05, 4.69) is 18.8 Å². The normalized spacial score (nSPS) is 13.6. The highest BCUT2D eigenvalue weighted by Gasteiger charge is 2.20. The Morgan fingerprint density at radius 2 is 1.64 bits per heavy atom. The molecule has 130 valence electrons. The van der Waals surface area contributed by atoms with Gasteiger partial charge < -0.3 is 10.1 Å². The van der Waals surface area contributed by atoms with Crippen molar-refractivity contribution in [1.29, 1.82) is 0 Å². The first kappa shape index (κ1) is 21.2. The van der Waals surface area contributed by atoms with Crippen molar-refractivity contribution in [3.05, 3.63) is 12.2 Å². The summed E-state index contributed by atoms with van der Waals surface area (Å²) in [6.07, 6.45) is 11.7. The summed E-state index contributed by atoms with van der Waals surface area (Å²) in [5.74, 6) is 0.109. The molecular formula is C19H37NO2. The van der Waals surface area contributed by atoms with Gasteiger partial charge in [0.15, 0.2) is 0 Å². The van der Waals surface area contributed by atoms with Crippen LogP contribution in [0.25, 0.3) is 0 Å². The second-order valence-corrected chi connectivity index (χ2v) is 6.47. The van der Waals surface area contributed by atoms with E-state index in [1.54, 1.807) is 6.92 Å². The predicted molar refractivity (Wildman–Crippen MR) is 95.0 cm³/mol. The molecule has 3 nitrogen and oxygen atoms in total. The first-order valence-electron chi connectivity index (χ1n) is 9.04. The minimum absolute atomic E-state index is 0.0544. The van der Waals surface area contributed by atoms with Crippen molar-refractivity contribution in [1.82, 2.24) is 5.32 Å². The minimum atomic E-state index is -0.274. The number of carbonyl (C=O) groups is 1. The fraction of sp³-hybridized carbons (Fsp3) is 0.842. The van der Waals surface area contributed by atoms with Gasteiger partial charge >= 0.3 is 5.97 Å². The van der Waals surface area contributed by atoms with E-state index in [1.165, 1.54) is 51.4 Å². The van der Waals surface area contributed by atoms with Gasteiger partial charge in [-0.3, -0.25) is 0 Å². The third-order valence-electron chi connectivity index (χ3n) is 4.20. The highest BCUT2D eigenvalue weighted by atomic mass is 16.5. The van der Waals surface area contributed by atoms with E-state index in [-0.39, 0.29) is 12.1 Å². The van der Waals surface area contributed by atoms with E-state index in [0.29, 0.717) is 11.5 Å². The van der Waals surface area contributed by atoms with Crippen molar-refractivity contribution < 1.29 is 9.53 Å². The zero-order chi connectivity index (χ0) is 16.8. The zero-order valence-corrected chi connectivity index (χ0v) is 15.2. The molecule has 1 N–H and O–H groups in total. The van der Waals surface area contributed by atoms with Crippen molar-refractivity contribution in [2.45, 2.75) is 84.7 Å². The average molecular weight is 312 g/mol. The Morgan fingerprint density at radius 1 is 1.09 bits per heavy atom. The maximum atomic E-state index is 11.6. The lowest BCUT2D eigenvalue weighted by atomic mass is 9.95. The molecule has 0 aromatic heterocycles. The lowest BCUT2D eigenvalue weighted by Gasteiger charge is -2.24. The molecular weight excluding hydrogens is 274 g/mol. The summed E-state index contributed by atoms with van der Waals surface area (Å²) in [6.45, 7) is 10.5. The Balaban J connectivity index is 3.88. The molecule has 0 bridgehead atoms. The standard InChI is InChI=1S/C19H37NO2/c1-6-7-8-9-10-11-12-13-14-18(15-20-5)17(4)22-19(21)16(2)3/h17-18,20H,2,6-15H2,1,3-5H3. The Labute approximate surface area is 137 Å². The zero-order valence-electron chi connectivity index (χ0n) is 15.2. The van der Waals surface area contributed by atoms with Crippen LogP contribution in [0.3, 0.4) is 0 Å². The third-order valence-corrected chi connectivity index (χ3v) is 4.20. The van der Waals surface area contributed by atoms with Gasteiger partial charge in [-0.25, -0.2) is 4.79 Å². The van der Waals surface area contributed by atoms with E-state index < -0.39 is 0 Å². The number of nitrogens with one attached hydrogen (secondary N) is 1. The van der Waals surface area contributed by atoms with Crippen LogP contribution in [0.2, 0.25) is 0 Å². The fourth-order valence-electron chi connectivity index (χ4n) is 2.67. The molecule has 2 atom stereocenters. The second-order valence-electron chi connectivity index (χ2n) is 6.47. The fourth-order valence-corrected chi connectivity index (χ4v) is 2.67. The lowest BCUT2D eigenvalue weighted by Crippen LogP contribution is -2.31. The largest absolute Gasteiger partial charge is 0.459 e. The van der Waals surface area contributed by atoms with Crippen molar-refractivity contribution in [2.75, 3.05) is 13.6 Å². The summed E-state index contributed by atoms with van der Waals surface area (Å²) < 4.78 is 5.47. The minimum Gasteiger partial charge on any atom is -0.459 e. The van der Waals surface area contributed by atoms with E-state index in [9.17, 15) is 4.79 Å². The summed E-state index contributed by atoms with van der Waals surface area (Å²) >= 11 is 0. The Morgan fingerprint density at radius 3 is 2.14 bits per heavy atom. The van der Waals surface area contributed by atoms with Crippen LogP contribution in [-0.2, 0) is 9.53 Å². The lowest BCUT2D eigenvalue weighted by molar-refractivity contribution is -0.146. The summed E-state index contributed by atoms with van der Waals surface area (Å²) in [5.41, 5.74) is 0.474. The van der Waals surface area contributed by atoms with Gasteiger partial charge in [0.25, 0.3) is 0 Å². The number of hydrogen-bond acceptors (Lipinski definition) is 3. The maximum absolute atomic E-state index is 11.6. The van der Waals surface area contributed by atoms with Crippen LogP contribution in [0.1, 0.15) is 78.6 Å². The van der Waals surface area contributed by atoms with Crippen molar-refractivity contribution in [2.24, 2.45) is 5.92 Å². The number of ether oxygens (including phenoxy) is 1. The topological polar surface area (TPSA) is 38.3 Å². The molecule has 0 spiro atoms. The van der Waals surface area contributed by atoms with Gasteiger partial charge in [-0.2, -0.15) is 0 Å². The molecule has 0 saturated carbocycles. The van der Waals surface area contributed by atoms with Crippen molar-refractivity contribution in [3.8, 4) is 0 Å². The van der Waals surface area contributed by atoms with Crippen LogP contribution in [0.15, 0.2) is 12.2 Å². The molecule has 2 unspecified atom stereocenters. The van der Waals surface area contributed by atoms with Crippen molar-refractivity contribution in [3.63, 3.8) is 0 Å². The van der Waals surface area contributed by atoms with Gasteiger partial charge in [0, 0.05) is 18.0 Å². The molecule has 0 radical (unpaired) electrons. The van der Waals surface area contributed by atoms with Gasteiger partial charge in [-0.1, -0.05) is 64.9 Å². The molecule has 22 heavy (non-hydrogen) atoms. The third kappa shape index (κ3) is 10.8. The maximum Gasteiger partial charge on any atom is 0.333 e. The predicted octanol–water partition coefficient (Wildman–Crippen LogP) is 4.86. The molecule has 0 aromatic carbocycles. The quantitative estimate of drug-likeness (QED) is 0.283. The summed E-state index contributed by atoms with van der Waals surface area (Å²) in [6, 6.07) is 0. The van der Waals surface area contributed by atoms with Crippen LogP contribution in [0, 0.1) is 5.92 Å². The molecule has 3 heteroatoms.